The molecule has 7 heteroatoms. The molecule has 0 unspecified atom stereocenters. The summed E-state index contributed by atoms with van der Waals surface area (Å²) in [4.78, 5) is 11.9. The minimum Gasteiger partial charge on any atom is -0.495 e. The van der Waals surface area contributed by atoms with Crippen LogP contribution in [0.15, 0.2) is 48.5 Å². The van der Waals surface area contributed by atoms with Crippen LogP contribution in [0.1, 0.15) is 5.56 Å². The Bertz CT molecular complexity index is 794. The van der Waals surface area contributed by atoms with Crippen LogP contribution in [0.5, 0.6) is 5.75 Å². The van der Waals surface area contributed by atoms with Gasteiger partial charge in [-0.05, 0) is 48.1 Å². The molecule has 4 nitrogen and oxygen atoms in total. The van der Waals surface area contributed by atoms with Crippen LogP contribution in [0.3, 0.4) is 0 Å². The molecular weight excluding hydrogens is 367 g/mol. The number of nitrogens with one attached hydrogen (secondary N) is 2. The van der Waals surface area contributed by atoms with Gasteiger partial charge in [0.05, 0.1) is 12.8 Å². The van der Waals surface area contributed by atoms with Gasteiger partial charge >= 0.3 is 0 Å². The van der Waals surface area contributed by atoms with Crippen molar-refractivity contribution in [2.75, 3.05) is 12.4 Å². The van der Waals surface area contributed by atoms with Crippen molar-refractivity contribution in [3.8, 4) is 5.75 Å². The molecule has 2 aromatic carbocycles. The van der Waals surface area contributed by atoms with E-state index < -0.39 is 0 Å². The second-order valence-electron chi connectivity index (χ2n) is 4.64. The van der Waals surface area contributed by atoms with Crippen molar-refractivity contribution in [1.29, 1.82) is 0 Å². The number of thiocarbonyl (C=S) groups is 1. The van der Waals surface area contributed by atoms with Gasteiger partial charge in [0.25, 0.3) is 0 Å². The Morgan fingerprint density at radius 1 is 1.21 bits per heavy atom. The molecule has 2 aromatic rings. The third kappa shape index (κ3) is 5.23. The van der Waals surface area contributed by atoms with Crippen LogP contribution in [0, 0.1) is 0 Å². The van der Waals surface area contributed by atoms with E-state index in [0.29, 0.717) is 27.0 Å². The predicted molar refractivity (Wildman–Crippen MR) is 103 cm³/mol. The number of amides is 1. The molecule has 124 valence electrons. The van der Waals surface area contributed by atoms with Crippen LogP contribution in [0.25, 0.3) is 6.08 Å². The molecule has 0 bridgehead atoms. The van der Waals surface area contributed by atoms with Gasteiger partial charge < -0.3 is 10.1 Å². The monoisotopic (exact) mass is 380 g/mol. The minimum atomic E-state index is -0.381. The van der Waals surface area contributed by atoms with Crippen molar-refractivity contribution in [3.05, 3.63) is 64.1 Å². The smallest absolute Gasteiger partial charge is 0.250 e. The minimum absolute atomic E-state index is 0.163. The number of methoxy groups -OCH3 is 1. The van der Waals surface area contributed by atoms with Gasteiger partial charge in [0.15, 0.2) is 5.11 Å². The summed E-state index contributed by atoms with van der Waals surface area (Å²) in [5, 5.41) is 6.61. The van der Waals surface area contributed by atoms with Gasteiger partial charge in [-0.2, -0.15) is 0 Å². The molecule has 0 radical (unpaired) electrons. The van der Waals surface area contributed by atoms with Crippen LogP contribution in [-0.2, 0) is 4.79 Å². The Hall–Kier alpha value is -2.08. The van der Waals surface area contributed by atoms with E-state index in [9.17, 15) is 4.79 Å². The molecule has 0 aromatic heterocycles. The SMILES string of the molecule is COc1ccccc1NC(=S)NC(=O)C=Cc1ccc(Cl)cc1Cl. The Kier molecular flexibility index (Phi) is 6.61. The number of ether oxygens (including phenoxy) is 1. The molecule has 0 spiro atoms. The van der Waals surface area contributed by atoms with E-state index in [1.165, 1.54) is 6.08 Å². The normalized spacial score (nSPS) is 10.5. The van der Waals surface area contributed by atoms with Crippen molar-refractivity contribution in [2.24, 2.45) is 0 Å². The zero-order valence-corrected chi connectivity index (χ0v) is 15.0. The van der Waals surface area contributed by atoms with Crippen LogP contribution in [0.2, 0.25) is 10.0 Å². The fourth-order valence-corrected chi connectivity index (χ4v) is 2.54. The number of benzene rings is 2. The molecule has 0 heterocycles. The molecule has 0 saturated carbocycles. The maximum atomic E-state index is 11.9. The number of para-hydroxylation sites is 2. The van der Waals surface area contributed by atoms with Crippen LogP contribution in [0.4, 0.5) is 5.69 Å². The third-order valence-electron chi connectivity index (χ3n) is 2.97. The van der Waals surface area contributed by atoms with Crippen LogP contribution < -0.4 is 15.4 Å². The van der Waals surface area contributed by atoms with Crippen molar-refractivity contribution >= 4 is 58.2 Å². The quantitative estimate of drug-likeness (QED) is 0.604. The summed E-state index contributed by atoms with van der Waals surface area (Å²) < 4.78 is 5.21. The first kappa shape index (κ1) is 18.3. The van der Waals surface area contributed by atoms with Crippen molar-refractivity contribution in [2.45, 2.75) is 0 Å². The first-order valence-electron chi connectivity index (χ1n) is 6.87. The van der Waals surface area contributed by atoms with Gasteiger partial charge in [0.1, 0.15) is 5.75 Å². The molecule has 0 saturated heterocycles. The van der Waals surface area contributed by atoms with E-state index in [0.717, 1.165) is 0 Å². The molecular formula is C17H14Cl2N2O2S. The standard InChI is InChI=1S/C17H14Cl2N2O2S/c1-23-15-5-3-2-4-14(15)20-17(24)21-16(22)9-7-11-6-8-12(18)10-13(11)19/h2-10H,1H3,(H2,20,21,22,24). The highest BCUT2D eigenvalue weighted by Crippen LogP contribution is 2.23. The lowest BCUT2D eigenvalue weighted by Gasteiger charge is -2.11. The number of carbonyl (C=O) groups excluding carboxylic acids is 1. The van der Waals surface area contributed by atoms with Gasteiger partial charge in [-0.25, -0.2) is 0 Å². The number of carbonyl (C=O) groups is 1. The maximum Gasteiger partial charge on any atom is 0.250 e. The Morgan fingerprint density at radius 2 is 1.96 bits per heavy atom. The highest BCUT2D eigenvalue weighted by Gasteiger charge is 2.06. The number of rotatable bonds is 4. The molecule has 0 fully saturated rings. The fourth-order valence-electron chi connectivity index (χ4n) is 1.86. The topological polar surface area (TPSA) is 50.4 Å². The summed E-state index contributed by atoms with van der Waals surface area (Å²) >= 11 is 17.0. The largest absolute Gasteiger partial charge is 0.495 e. The molecule has 2 rings (SSSR count). The summed E-state index contributed by atoms with van der Waals surface area (Å²) in [5.41, 5.74) is 1.34. The molecule has 0 aliphatic rings. The summed E-state index contributed by atoms with van der Waals surface area (Å²) in [6, 6.07) is 12.3. The van der Waals surface area contributed by atoms with Gasteiger partial charge in [-0.3, -0.25) is 10.1 Å². The molecule has 24 heavy (non-hydrogen) atoms. The van der Waals surface area contributed by atoms with Gasteiger partial charge in [-0.15, -0.1) is 0 Å². The number of anilines is 1. The van der Waals surface area contributed by atoms with Crippen LogP contribution >= 0.6 is 35.4 Å². The van der Waals surface area contributed by atoms with Crippen molar-refractivity contribution in [3.63, 3.8) is 0 Å². The first-order chi connectivity index (χ1) is 11.5. The molecule has 2 N–H and O–H groups in total. The summed E-state index contributed by atoms with van der Waals surface area (Å²) in [6.07, 6.45) is 2.92. The highest BCUT2D eigenvalue weighted by molar-refractivity contribution is 7.80. The second-order valence-corrected chi connectivity index (χ2v) is 5.89. The molecule has 0 aliphatic carbocycles. The lowest BCUT2D eigenvalue weighted by atomic mass is 10.2. The summed E-state index contributed by atoms with van der Waals surface area (Å²) in [7, 11) is 1.56. The van der Waals surface area contributed by atoms with E-state index in [1.807, 2.05) is 12.1 Å². The number of halogens is 2. The van der Waals surface area contributed by atoms with Crippen molar-refractivity contribution < 1.29 is 9.53 Å². The first-order valence-corrected chi connectivity index (χ1v) is 8.04. The Labute approximate surface area is 155 Å². The van der Waals surface area contributed by atoms with Gasteiger partial charge in [-0.1, -0.05) is 41.4 Å². The molecule has 0 atom stereocenters. The average Bonchev–Trinajstić information content (AvgIpc) is 2.54. The van der Waals surface area contributed by atoms with E-state index in [1.54, 1.807) is 43.5 Å². The van der Waals surface area contributed by atoms with Gasteiger partial charge in [0, 0.05) is 16.1 Å². The summed E-state index contributed by atoms with van der Waals surface area (Å²) in [6.45, 7) is 0. The predicted octanol–water partition coefficient (Wildman–Crippen LogP) is 4.53. The van der Waals surface area contributed by atoms with Crippen molar-refractivity contribution in [1.82, 2.24) is 5.32 Å². The zero-order chi connectivity index (χ0) is 17.5. The van der Waals surface area contributed by atoms with Crippen LogP contribution in [-0.4, -0.2) is 18.1 Å². The van der Waals surface area contributed by atoms with Gasteiger partial charge in [0.2, 0.25) is 5.91 Å². The lowest BCUT2D eigenvalue weighted by molar-refractivity contribution is -0.115. The average molecular weight is 381 g/mol. The van der Waals surface area contributed by atoms with E-state index >= 15 is 0 Å². The second kappa shape index (κ2) is 8.68. The lowest BCUT2D eigenvalue weighted by Crippen LogP contribution is -2.32. The van der Waals surface area contributed by atoms with E-state index in [-0.39, 0.29) is 11.0 Å². The number of hydrogen-bond acceptors (Lipinski definition) is 3. The van der Waals surface area contributed by atoms with E-state index in [2.05, 4.69) is 10.6 Å². The molecule has 0 aliphatic heterocycles. The highest BCUT2D eigenvalue weighted by atomic mass is 35.5. The van der Waals surface area contributed by atoms with E-state index in [4.69, 9.17) is 40.2 Å². The fraction of sp³-hybridized carbons (Fsp3) is 0.0588. The Morgan fingerprint density at radius 3 is 2.67 bits per heavy atom. The summed E-state index contributed by atoms with van der Waals surface area (Å²) in [5.74, 6) is 0.242. The zero-order valence-electron chi connectivity index (χ0n) is 12.7. The molecule has 1 amide bonds. The third-order valence-corrected chi connectivity index (χ3v) is 3.74. The Balaban J connectivity index is 1.96. The maximum absolute atomic E-state index is 11.9. The number of hydrogen-bond donors (Lipinski definition) is 2.